The van der Waals surface area contributed by atoms with Gasteiger partial charge < -0.3 is 0 Å². The van der Waals surface area contributed by atoms with Crippen molar-refractivity contribution in [2.24, 2.45) is 0 Å². The molecule has 0 aliphatic heterocycles. The van der Waals surface area contributed by atoms with E-state index in [0.29, 0.717) is 4.32 Å². The van der Waals surface area contributed by atoms with Gasteiger partial charge in [-0.1, -0.05) is 55.5 Å². The second-order valence-electron chi connectivity index (χ2n) is 3.62. The SMILES string of the molecule is CCCCCC(C)(Br)CCC. The fourth-order valence-electron chi connectivity index (χ4n) is 1.39. The fourth-order valence-corrected chi connectivity index (χ4v) is 2.07. The molecule has 0 bridgehead atoms. The van der Waals surface area contributed by atoms with Crippen molar-refractivity contribution in [3.05, 3.63) is 0 Å². The molecular formula is C10H21Br. The highest BCUT2D eigenvalue weighted by molar-refractivity contribution is 9.10. The highest BCUT2D eigenvalue weighted by Crippen LogP contribution is 2.29. The number of unbranched alkanes of at least 4 members (excludes halogenated alkanes) is 2. The predicted octanol–water partition coefficient (Wildman–Crippen LogP) is 4.52. The van der Waals surface area contributed by atoms with Gasteiger partial charge in [-0.2, -0.15) is 0 Å². The molecule has 0 rings (SSSR count). The van der Waals surface area contributed by atoms with Gasteiger partial charge in [0.25, 0.3) is 0 Å². The molecule has 0 aliphatic carbocycles. The van der Waals surface area contributed by atoms with Crippen LogP contribution in [0.15, 0.2) is 0 Å². The molecule has 68 valence electrons. The zero-order valence-corrected chi connectivity index (χ0v) is 9.71. The molecule has 0 aromatic carbocycles. The Kier molecular flexibility index (Phi) is 6.31. The summed E-state index contributed by atoms with van der Waals surface area (Å²) in [7, 11) is 0. The number of alkyl halides is 1. The van der Waals surface area contributed by atoms with Crippen LogP contribution in [0.2, 0.25) is 0 Å². The van der Waals surface area contributed by atoms with Crippen molar-refractivity contribution < 1.29 is 0 Å². The quantitative estimate of drug-likeness (QED) is 0.457. The first-order valence-electron chi connectivity index (χ1n) is 4.81. The Morgan fingerprint density at radius 3 is 2.09 bits per heavy atom. The third kappa shape index (κ3) is 6.86. The Hall–Kier alpha value is 0.480. The van der Waals surface area contributed by atoms with E-state index < -0.39 is 0 Å². The largest absolute Gasteiger partial charge is 0.0856 e. The van der Waals surface area contributed by atoms with Gasteiger partial charge in [-0.3, -0.25) is 0 Å². The third-order valence-electron chi connectivity index (χ3n) is 2.07. The summed E-state index contributed by atoms with van der Waals surface area (Å²) in [6.45, 7) is 6.82. The van der Waals surface area contributed by atoms with E-state index in [0.717, 1.165) is 0 Å². The highest BCUT2D eigenvalue weighted by atomic mass is 79.9. The van der Waals surface area contributed by atoms with E-state index in [-0.39, 0.29) is 0 Å². The lowest BCUT2D eigenvalue weighted by Gasteiger charge is -2.21. The van der Waals surface area contributed by atoms with Gasteiger partial charge in [0.1, 0.15) is 0 Å². The number of halogens is 1. The van der Waals surface area contributed by atoms with Crippen molar-refractivity contribution in [3.8, 4) is 0 Å². The van der Waals surface area contributed by atoms with Crippen LogP contribution in [0.4, 0.5) is 0 Å². The normalized spacial score (nSPS) is 16.4. The summed E-state index contributed by atoms with van der Waals surface area (Å²) < 4.78 is 0.414. The molecule has 0 fully saturated rings. The Morgan fingerprint density at radius 1 is 1.00 bits per heavy atom. The molecule has 11 heavy (non-hydrogen) atoms. The summed E-state index contributed by atoms with van der Waals surface area (Å²) in [4.78, 5) is 0. The molecule has 0 spiro atoms. The zero-order valence-electron chi connectivity index (χ0n) is 8.12. The minimum atomic E-state index is 0.414. The second kappa shape index (κ2) is 6.05. The van der Waals surface area contributed by atoms with Crippen LogP contribution in [0, 0.1) is 0 Å². The minimum absolute atomic E-state index is 0.414. The van der Waals surface area contributed by atoms with Gasteiger partial charge in [0, 0.05) is 4.32 Å². The minimum Gasteiger partial charge on any atom is -0.0856 e. The van der Waals surface area contributed by atoms with Gasteiger partial charge >= 0.3 is 0 Å². The molecule has 0 saturated heterocycles. The smallest absolute Gasteiger partial charge is 0.0229 e. The molecule has 0 radical (unpaired) electrons. The van der Waals surface area contributed by atoms with E-state index >= 15 is 0 Å². The first kappa shape index (κ1) is 11.5. The van der Waals surface area contributed by atoms with Crippen LogP contribution < -0.4 is 0 Å². The molecule has 0 amide bonds. The molecular weight excluding hydrogens is 200 g/mol. The third-order valence-corrected chi connectivity index (χ3v) is 2.87. The molecule has 0 aromatic heterocycles. The first-order valence-corrected chi connectivity index (χ1v) is 5.60. The van der Waals surface area contributed by atoms with Crippen LogP contribution in [0.5, 0.6) is 0 Å². The molecule has 0 nitrogen and oxygen atoms in total. The van der Waals surface area contributed by atoms with Crippen molar-refractivity contribution in [2.45, 2.75) is 63.6 Å². The van der Waals surface area contributed by atoms with E-state index in [9.17, 15) is 0 Å². The van der Waals surface area contributed by atoms with Crippen molar-refractivity contribution in [1.29, 1.82) is 0 Å². The van der Waals surface area contributed by atoms with E-state index in [2.05, 4.69) is 36.7 Å². The average Bonchev–Trinajstić information content (AvgIpc) is 1.87. The maximum atomic E-state index is 3.77. The Bertz CT molecular complexity index is 86.9. The fraction of sp³-hybridized carbons (Fsp3) is 1.00. The Morgan fingerprint density at radius 2 is 1.64 bits per heavy atom. The Labute approximate surface area is 79.9 Å². The Balaban J connectivity index is 3.38. The predicted molar refractivity (Wildman–Crippen MR) is 56.4 cm³/mol. The molecule has 1 heteroatoms. The lowest BCUT2D eigenvalue weighted by atomic mass is 9.98. The van der Waals surface area contributed by atoms with Crippen LogP contribution >= 0.6 is 15.9 Å². The number of rotatable bonds is 6. The van der Waals surface area contributed by atoms with E-state index in [1.165, 1.54) is 38.5 Å². The van der Waals surface area contributed by atoms with Crippen molar-refractivity contribution in [1.82, 2.24) is 0 Å². The van der Waals surface area contributed by atoms with E-state index in [1.807, 2.05) is 0 Å². The van der Waals surface area contributed by atoms with Crippen molar-refractivity contribution in [3.63, 3.8) is 0 Å². The molecule has 0 saturated carbocycles. The lowest BCUT2D eigenvalue weighted by Crippen LogP contribution is -2.14. The first-order chi connectivity index (χ1) is 5.12. The molecule has 0 N–H and O–H groups in total. The molecule has 0 heterocycles. The van der Waals surface area contributed by atoms with Crippen LogP contribution in [0.25, 0.3) is 0 Å². The molecule has 1 atom stereocenters. The standard InChI is InChI=1S/C10H21Br/c1-4-6-7-9-10(3,11)8-5-2/h4-9H2,1-3H3. The van der Waals surface area contributed by atoms with Gasteiger partial charge in [0.15, 0.2) is 0 Å². The van der Waals surface area contributed by atoms with Gasteiger partial charge in [0.05, 0.1) is 0 Å². The van der Waals surface area contributed by atoms with Gasteiger partial charge in [-0.25, -0.2) is 0 Å². The lowest BCUT2D eigenvalue weighted by molar-refractivity contribution is 0.511. The van der Waals surface area contributed by atoms with Gasteiger partial charge in [-0.05, 0) is 19.8 Å². The monoisotopic (exact) mass is 220 g/mol. The van der Waals surface area contributed by atoms with Crippen molar-refractivity contribution >= 4 is 15.9 Å². The van der Waals surface area contributed by atoms with Gasteiger partial charge in [0.2, 0.25) is 0 Å². The maximum Gasteiger partial charge on any atom is 0.0229 e. The number of hydrogen-bond donors (Lipinski definition) is 0. The topological polar surface area (TPSA) is 0 Å². The van der Waals surface area contributed by atoms with Gasteiger partial charge in [-0.15, -0.1) is 0 Å². The van der Waals surface area contributed by atoms with E-state index in [1.54, 1.807) is 0 Å². The molecule has 1 unspecified atom stereocenters. The summed E-state index contributed by atoms with van der Waals surface area (Å²) >= 11 is 3.77. The number of hydrogen-bond acceptors (Lipinski definition) is 0. The highest BCUT2D eigenvalue weighted by Gasteiger charge is 2.17. The molecule has 0 aliphatic rings. The average molecular weight is 221 g/mol. The zero-order chi connectivity index (χ0) is 8.74. The van der Waals surface area contributed by atoms with Crippen LogP contribution in [0.3, 0.4) is 0 Å². The maximum absolute atomic E-state index is 3.77. The van der Waals surface area contributed by atoms with Crippen molar-refractivity contribution in [2.75, 3.05) is 0 Å². The summed E-state index contributed by atoms with van der Waals surface area (Å²) in [5.41, 5.74) is 0. The van der Waals surface area contributed by atoms with Crippen LogP contribution in [-0.4, -0.2) is 4.32 Å². The molecule has 0 aromatic rings. The summed E-state index contributed by atoms with van der Waals surface area (Å²) in [6.07, 6.45) is 8.00. The second-order valence-corrected chi connectivity index (χ2v) is 5.53. The summed E-state index contributed by atoms with van der Waals surface area (Å²) in [5, 5.41) is 0. The van der Waals surface area contributed by atoms with E-state index in [4.69, 9.17) is 0 Å². The van der Waals surface area contributed by atoms with Crippen LogP contribution in [0.1, 0.15) is 59.3 Å². The van der Waals surface area contributed by atoms with Crippen LogP contribution in [-0.2, 0) is 0 Å². The summed E-state index contributed by atoms with van der Waals surface area (Å²) in [5.74, 6) is 0. The summed E-state index contributed by atoms with van der Waals surface area (Å²) in [6, 6.07) is 0.